The van der Waals surface area contributed by atoms with Crippen LogP contribution in [0, 0.1) is 0 Å². The lowest BCUT2D eigenvalue weighted by Crippen LogP contribution is -2.46. The molecule has 0 unspecified atom stereocenters. The van der Waals surface area contributed by atoms with Crippen LogP contribution >= 0.6 is 0 Å². The molecule has 25 heavy (non-hydrogen) atoms. The maximum atomic E-state index is 12.6. The number of likely N-dealkylation sites (tertiary alicyclic amines) is 1. The molecule has 5 heteroatoms. The van der Waals surface area contributed by atoms with Gasteiger partial charge in [0.1, 0.15) is 6.61 Å². The summed E-state index contributed by atoms with van der Waals surface area (Å²) in [6.45, 7) is 5.04. The first-order valence-corrected chi connectivity index (χ1v) is 9.38. The number of carbonyl (C=O) groups excluding carboxylic acids is 1. The minimum absolute atomic E-state index is 0.00247. The molecule has 2 heterocycles. The Bertz CT molecular complexity index is 674. The molecular formula is C20H26N2O3. The van der Waals surface area contributed by atoms with Gasteiger partial charge in [0, 0.05) is 30.7 Å². The van der Waals surface area contributed by atoms with Gasteiger partial charge >= 0.3 is 0 Å². The van der Waals surface area contributed by atoms with Crippen LogP contribution in [0.4, 0.5) is 0 Å². The van der Waals surface area contributed by atoms with Crippen molar-refractivity contribution >= 4 is 12.0 Å². The molecule has 0 atom stereocenters. The zero-order valence-corrected chi connectivity index (χ0v) is 14.8. The van der Waals surface area contributed by atoms with E-state index in [0.717, 1.165) is 49.0 Å². The normalized spacial score (nSPS) is 21.1. The number of benzene rings is 1. The average Bonchev–Trinajstić information content (AvgIpc) is 3.47. The third-order valence-electron chi connectivity index (χ3n) is 5.23. The summed E-state index contributed by atoms with van der Waals surface area (Å²) in [5.41, 5.74) is 1.59. The summed E-state index contributed by atoms with van der Waals surface area (Å²) < 4.78 is 11.4. The fourth-order valence-corrected chi connectivity index (χ4v) is 3.71. The van der Waals surface area contributed by atoms with E-state index in [0.29, 0.717) is 18.8 Å². The molecule has 1 saturated carbocycles. The molecule has 0 aromatic heterocycles. The predicted molar refractivity (Wildman–Crippen MR) is 96.8 cm³/mol. The van der Waals surface area contributed by atoms with Crippen molar-refractivity contribution in [3.05, 3.63) is 29.3 Å². The van der Waals surface area contributed by atoms with E-state index in [4.69, 9.17) is 9.47 Å². The fourth-order valence-electron chi connectivity index (χ4n) is 3.71. The molecule has 1 N–H and O–H groups in total. The molecule has 1 aromatic rings. The van der Waals surface area contributed by atoms with Crippen molar-refractivity contribution in [2.24, 2.45) is 0 Å². The zero-order chi connectivity index (χ0) is 17.2. The van der Waals surface area contributed by atoms with E-state index in [9.17, 15) is 4.79 Å². The van der Waals surface area contributed by atoms with Crippen LogP contribution in [0.15, 0.2) is 23.8 Å². The lowest BCUT2D eigenvalue weighted by molar-refractivity contribution is -0.118. The first kappa shape index (κ1) is 16.5. The number of nitrogens with zero attached hydrogens (tertiary/aromatic N) is 1. The Morgan fingerprint density at radius 1 is 1.28 bits per heavy atom. The van der Waals surface area contributed by atoms with Crippen molar-refractivity contribution in [1.29, 1.82) is 0 Å². The fraction of sp³-hybridized carbons (Fsp3) is 0.550. The summed E-state index contributed by atoms with van der Waals surface area (Å²) in [4.78, 5) is 15.2. The maximum Gasteiger partial charge on any atom is 0.250 e. The van der Waals surface area contributed by atoms with Gasteiger partial charge in [0.15, 0.2) is 11.5 Å². The highest BCUT2D eigenvalue weighted by Gasteiger charge is 2.32. The number of nitrogens with one attached hydrogen (secondary N) is 1. The van der Waals surface area contributed by atoms with Crippen LogP contribution in [0.1, 0.15) is 38.2 Å². The van der Waals surface area contributed by atoms with Crippen LogP contribution in [0.2, 0.25) is 0 Å². The monoisotopic (exact) mass is 342 g/mol. The molecule has 5 nitrogen and oxygen atoms in total. The van der Waals surface area contributed by atoms with Crippen molar-refractivity contribution in [3.63, 3.8) is 0 Å². The van der Waals surface area contributed by atoms with Crippen LogP contribution in [0.3, 0.4) is 0 Å². The molecule has 1 aliphatic carbocycles. The maximum absolute atomic E-state index is 12.6. The van der Waals surface area contributed by atoms with Crippen molar-refractivity contribution < 1.29 is 14.3 Å². The SMILES string of the molecule is CCOc1cccc2c1OCC(C(=O)NC1CCN(C3CC3)CC1)=C2. The first-order chi connectivity index (χ1) is 12.2. The number of ether oxygens (including phenoxy) is 2. The number of amides is 1. The number of fused-ring (bicyclic) bond motifs is 1. The highest BCUT2D eigenvalue weighted by molar-refractivity contribution is 5.99. The Balaban J connectivity index is 1.38. The minimum Gasteiger partial charge on any atom is -0.490 e. The van der Waals surface area contributed by atoms with E-state index in [1.54, 1.807) is 0 Å². The van der Waals surface area contributed by atoms with Gasteiger partial charge in [-0.15, -0.1) is 0 Å². The third-order valence-corrected chi connectivity index (χ3v) is 5.23. The van der Waals surface area contributed by atoms with Crippen molar-refractivity contribution in [3.8, 4) is 11.5 Å². The van der Waals surface area contributed by atoms with Gasteiger partial charge in [0.2, 0.25) is 0 Å². The summed E-state index contributed by atoms with van der Waals surface area (Å²) in [6, 6.07) is 6.88. The molecule has 4 rings (SSSR count). The van der Waals surface area contributed by atoms with Crippen LogP contribution in [-0.4, -0.2) is 49.2 Å². The van der Waals surface area contributed by atoms with Crippen LogP contribution in [0.25, 0.3) is 6.08 Å². The van der Waals surface area contributed by atoms with E-state index in [2.05, 4.69) is 10.2 Å². The minimum atomic E-state index is -0.00247. The van der Waals surface area contributed by atoms with E-state index in [1.807, 2.05) is 31.2 Å². The Kier molecular flexibility index (Phi) is 4.66. The molecular weight excluding hydrogens is 316 g/mol. The molecule has 1 amide bonds. The number of hydrogen-bond donors (Lipinski definition) is 1. The average molecular weight is 342 g/mol. The third kappa shape index (κ3) is 3.66. The standard InChI is InChI=1S/C20H26N2O3/c1-2-24-18-5-3-4-14-12-15(13-25-19(14)18)20(23)21-16-8-10-22(11-9-16)17-6-7-17/h3-5,12,16-17H,2,6-11,13H2,1H3,(H,21,23). The lowest BCUT2D eigenvalue weighted by Gasteiger charge is -2.32. The van der Waals surface area contributed by atoms with Crippen molar-refractivity contribution in [2.45, 2.75) is 44.7 Å². The largest absolute Gasteiger partial charge is 0.490 e. The summed E-state index contributed by atoms with van der Waals surface area (Å²) >= 11 is 0. The number of piperidine rings is 1. The molecule has 0 bridgehead atoms. The summed E-state index contributed by atoms with van der Waals surface area (Å²) in [5.74, 6) is 1.47. The number of carbonyl (C=O) groups is 1. The molecule has 1 saturated heterocycles. The van der Waals surface area contributed by atoms with Gasteiger partial charge in [0.25, 0.3) is 5.91 Å². The number of hydrogen-bond acceptors (Lipinski definition) is 4. The Hall–Kier alpha value is -2.01. The summed E-state index contributed by atoms with van der Waals surface area (Å²) in [7, 11) is 0. The first-order valence-electron chi connectivity index (χ1n) is 9.38. The van der Waals surface area contributed by atoms with Gasteiger partial charge in [-0.1, -0.05) is 12.1 Å². The van der Waals surface area contributed by atoms with Crippen molar-refractivity contribution in [1.82, 2.24) is 10.2 Å². The predicted octanol–water partition coefficient (Wildman–Crippen LogP) is 2.60. The molecule has 0 radical (unpaired) electrons. The second kappa shape index (κ2) is 7.08. The second-order valence-electron chi connectivity index (χ2n) is 7.08. The molecule has 1 aromatic carbocycles. The van der Waals surface area contributed by atoms with Gasteiger partial charge in [-0.05, 0) is 44.7 Å². The molecule has 2 fully saturated rings. The highest BCUT2D eigenvalue weighted by atomic mass is 16.5. The molecule has 3 aliphatic rings. The molecule has 134 valence electrons. The van der Waals surface area contributed by atoms with Gasteiger partial charge in [-0.3, -0.25) is 4.79 Å². The van der Waals surface area contributed by atoms with Gasteiger partial charge in [-0.2, -0.15) is 0 Å². The Morgan fingerprint density at radius 2 is 2.08 bits per heavy atom. The van der Waals surface area contributed by atoms with Crippen LogP contribution < -0.4 is 14.8 Å². The van der Waals surface area contributed by atoms with Crippen LogP contribution in [-0.2, 0) is 4.79 Å². The van der Waals surface area contributed by atoms with Crippen LogP contribution in [0.5, 0.6) is 11.5 Å². The van der Waals surface area contributed by atoms with Crippen molar-refractivity contribution in [2.75, 3.05) is 26.3 Å². The number of para-hydroxylation sites is 1. The van der Waals surface area contributed by atoms with E-state index in [-0.39, 0.29) is 11.9 Å². The quantitative estimate of drug-likeness (QED) is 0.894. The smallest absolute Gasteiger partial charge is 0.250 e. The highest BCUT2D eigenvalue weighted by Crippen LogP contribution is 2.36. The molecule has 2 aliphatic heterocycles. The number of rotatable bonds is 5. The Labute approximate surface area is 149 Å². The molecule has 0 spiro atoms. The zero-order valence-electron chi connectivity index (χ0n) is 14.8. The van der Waals surface area contributed by atoms with E-state index in [1.165, 1.54) is 12.8 Å². The Morgan fingerprint density at radius 3 is 2.80 bits per heavy atom. The van der Waals surface area contributed by atoms with E-state index < -0.39 is 0 Å². The van der Waals surface area contributed by atoms with Gasteiger partial charge < -0.3 is 19.7 Å². The lowest BCUT2D eigenvalue weighted by atomic mass is 10.0. The van der Waals surface area contributed by atoms with Gasteiger partial charge in [0.05, 0.1) is 12.2 Å². The second-order valence-corrected chi connectivity index (χ2v) is 7.08. The van der Waals surface area contributed by atoms with Gasteiger partial charge in [-0.25, -0.2) is 0 Å². The topological polar surface area (TPSA) is 50.8 Å². The van der Waals surface area contributed by atoms with E-state index >= 15 is 0 Å². The summed E-state index contributed by atoms with van der Waals surface area (Å²) in [6.07, 6.45) is 6.72. The summed E-state index contributed by atoms with van der Waals surface area (Å²) in [5, 5.41) is 3.19.